The minimum absolute atomic E-state index is 0.450. The van der Waals surface area contributed by atoms with E-state index in [2.05, 4.69) is 27.0 Å². The molecule has 2 rings (SSSR count). The van der Waals surface area contributed by atoms with Crippen molar-refractivity contribution in [1.29, 1.82) is 0 Å². The average molecular weight is 344 g/mol. The van der Waals surface area contributed by atoms with Crippen molar-refractivity contribution >= 4 is 19.2 Å². The van der Waals surface area contributed by atoms with Crippen LogP contribution >= 0.6 is 0 Å². The van der Waals surface area contributed by atoms with Crippen LogP contribution in [-0.2, 0) is 9.78 Å². The summed E-state index contributed by atoms with van der Waals surface area (Å²) in [5.41, 5.74) is 4.55. The van der Waals surface area contributed by atoms with E-state index in [-0.39, 0.29) is 0 Å². The number of benzene rings is 1. The van der Waals surface area contributed by atoms with Crippen molar-refractivity contribution in [3.63, 3.8) is 0 Å². The minimum Gasteiger partial charge on any atom is -0.292 e. The molecule has 0 aliphatic heterocycles. The van der Waals surface area contributed by atoms with E-state index in [1.165, 1.54) is 5.19 Å². The zero-order valence-electron chi connectivity index (χ0n) is 14.7. The van der Waals surface area contributed by atoms with Gasteiger partial charge in [-0.15, -0.1) is 13.2 Å². The number of carbonyl (C=O) groups excluding carboxylic acids is 1. The first-order valence-electron chi connectivity index (χ1n) is 8.66. The highest BCUT2D eigenvalue weighted by molar-refractivity contribution is 6.99. The molecule has 1 aliphatic carbocycles. The van der Waals surface area contributed by atoms with Gasteiger partial charge in [0, 0.05) is 0 Å². The quantitative estimate of drug-likeness (QED) is 0.411. The molecule has 1 radical (unpaired) electrons. The smallest absolute Gasteiger partial charge is 0.292 e. The molecule has 0 N–H and O–H groups in total. The Hall–Kier alpha value is -1.65. The first kappa shape index (κ1) is 18.7. The number of rotatable bonds is 7. The van der Waals surface area contributed by atoms with Gasteiger partial charge in [0.15, 0.2) is 0 Å². The van der Waals surface area contributed by atoms with E-state index < -0.39 is 14.0 Å². The van der Waals surface area contributed by atoms with Crippen molar-refractivity contribution in [3.05, 3.63) is 60.5 Å². The van der Waals surface area contributed by atoms with E-state index in [0.29, 0.717) is 5.56 Å². The SMILES string of the molecule is C=C[Si](C=C)(CC)c1ccc(C(=O)OO[C]2CCC(C)CC2)cc1. The molecule has 0 atom stereocenters. The minimum atomic E-state index is -1.86. The highest BCUT2D eigenvalue weighted by atomic mass is 28.3. The van der Waals surface area contributed by atoms with E-state index in [1.807, 2.05) is 23.5 Å². The number of hydrogen-bond donors (Lipinski definition) is 0. The van der Waals surface area contributed by atoms with Gasteiger partial charge in [0.05, 0.1) is 5.56 Å². The van der Waals surface area contributed by atoms with Crippen LogP contribution in [-0.4, -0.2) is 14.0 Å². The third-order valence-electron chi connectivity index (χ3n) is 5.04. The molecule has 1 fully saturated rings. The van der Waals surface area contributed by atoms with Gasteiger partial charge in [-0.1, -0.05) is 42.6 Å². The fourth-order valence-corrected chi connectivity index (χ4v) is 5.45. The molecule has 4 heteroatoms. The van der Waals surface area contributed by atoms with Gasteiger partial charge in [-0.2, -0.15) is 4.89 Å². The molecule has 0 heterocycles. The second-order valence-corrected chi connectivity index (χ2v) is 10.7. The molecule has 1 aromatic rings. The molecule has 0 aromatic heterocycles. The Morgan fingerprint density at radius 1 is 1.21 bits per heavy atom. The van der Waals surface area contributed by atoms with Crippen molar-refractivity contribution in [1.82, 2.24) is 0 Å². The Balaban J connectivity index is 1.96. The lowest BCUT2D eigenvalue weighted by Gasteiger charge is -2.24. The fraction of sp³-hybridized carbons (Fsp3) is 0.400. The first-order valence-corrected chi connectivity index (χ1v) is 11.0. The van der Waals surface area contributed by atoms with Crippen molar-refractivity contribution in [2.75, 3.05) is 0 Å². The van der Waals surface area contributed by atoms with Crippen molar-refractivity contribution < 1.29 is 14.6 Å². The standard InChI is InChI=1S/C20H27O3Si/c1-5-24(6-2,7-3)19-14-10-17(11-15-19)20(21)23-22-18-12-8-16(4)9-13-18/h5-6,10-11,14-16H,1-2,7-9,12-13H2,3-4H3. The van der Waals surface area contributed by atoms with Gasteiger partial charge in [-0.05, 0) is 49.8 Å². The molecular weight excluding hydrogens is 316 g/mol. The van der Waals surface area contributed by atoms with Crippen molar-refractivity contribution in [3.8, 4) is 0 Å². The van der Waals surface area contributed by atoms with Gasteiger partial charge in [0.2, 0.25) is 0 Å². The summed E-state index contributed by atoms with van der Waals surface area (Å²) in [7, 11) is -1.86. The fourth-order valence-electron chi connectivity index (χ4n) is 3.04. The second kappa shape index (κ2) is 8.45. The van der Waals surface area contributed by atoms with Gasteiger partial charge < -0.3 is 0 Å². The van der Waals surface area contributed by atoms with Crippen LogP contribution in [0.2, 0.25) is 6.04 Å². The Labute approximate surface area is 146 Å². The molecular formula is C20H27O3Si. The maximum atomic E-state index is 12.1. The van der Waals surface area contributed by atoms with E-state index in [1.54, 1.807) is 12.1 Å². The number of carbonyl (C=O) groups is 1. The van der Waals surface area contributed by atoms with Crippen molar-refractivity contribution in [2.24, 2.45) is 5.92 Å². The average Bonchev–Trinajstić information content (AvgIpc) is 2.63. The molecule has 3 nitrogen and oxygen atoms in total. The Morgan fingerprint density at radius 2 is 1.79 bits per heavy atom. The highest BCUT2D eigenvalue weighted by Gasteiger charge is 2.26. The molecule has 0 spiro atoms. The predicted molar refractivity (Wildman–Crippen MR) is 100 cm³/mol. The highest BCUT2D eigenvalue weighted by Crippen LogP contribution is 2.30. The van der Waals surface area contributed by atoms with Crippen LogP contribution in [0.1, 0.15) is 49.9 Å². The van der Waals surface area contributed by atoms with Crippen LogP contribution in [0.3, 0.4) is 0 Å². The number of hydrogen-bond acceptors (Lipinski definition) is 3. The summed E-state index contributed by atoms with van der Waals surface area (Å²) in [6, 6.07) is 8.54. The summed E-state index contributed by atoms with van der Waals surface area (Å²) in [6.45, 7) is 12.3. The monoisotopic (exact) mass is 343 g/mol. The summed E-state index contributed by atoms with van der Waals surface area (Å²) < 4.78 is 0. The lowest BCUT2D eigenvalue weighted by Crippen LogP contribution is -2.43. The maximum absolute atomic E-state index is 12.1. The van der Waals surface area contributed by atoms with Crippen molar-refractivity contribution in [2.45, 2.75) is 45.6 Å². The molecule has 1 aliphatic rings. The van der Waals surface area contributed by atoms with Gasteiger partial charge in [0.25, 0.3) is 0 Å². The molecule has 0 bridgehead atoms. The zero-order valence-corrected chi connectivity index (χ0v) is 15.7. The van der Waals surface area contributed by atoms with E-state index in [0.717, 1.165) is 43.7 Å². The summed E-state index contributed by atoms with van der Waals surface area (Å²) in [5.74, 6) is 0.270. The zero-order chi connectivity index (χ0) is 17.6. The Morgan fingerprint density at radius 3 is 2.29 bits per heavy atom. The molecule has 0 saturated heterocycles. The van der Waals surface area contributed by atoms with Crippen LogP contribution in [0.15, 0.2) is 48.8 Å². The lowest BCUT2D eigenvalue weighted by molar-refractivity contribution is -0.240. The summed E-state index contributed by atoms with van der Waals surface area (Å²) in [4.78, 5) is 22.4. The van der Waals surface area contributed by atoms with Gasteiger partial charge in [0.1, 0.15) is 14.2 Å². The molecule has 0 unspecified atom stereocenters. The van der Waals surface area contributed by atoms with E-state index in [9.17, 15) is 4.79 Å². The second-order valence-electron chi connectivity index (χ2n) is 6.55. The van der Waals surface area contributed by atoms with Gasteiger partial charge >= 0.3 is 5.97 Å². The van der Waals surface area contributed by atoms with Crippen LogP contribution in [0, 0.1) is 12.0 Å². The van der Waals surface area contributed by atoms with Crippen LogP contribution in [0.4, 0.5) is 0 Å². The first-order chi connectivity index (χ1) is 11.5. The summed E-state index contributed by atoms with van der Waals surface area (Å²) in [6.07, 6.45) is 4.80. The normalized spacial score (nSPS) is 16.6. The Bertz CT molecular complexity index is 563. The van der Waals surface area contributed by atoms with Crippen LogP contribution < -0.4 is 5.19 Å². The third-order valence-corrected chi connectivity index (χ3v) is 9.07. The van der Waals surface area contributed by atoms with Crippen LogP contribution in [0.25, 0.3) is 0 Å². The summed E-state index contributed by atoms with van der Waals surface area (Å²) in [5, 5.41) is 1.20. The maximum Gasteiger partial charge on any atom is 0.373 e. The largest absolute Gasteiger partial charge is 0.373 e. The molecule has 24 heavy (non-hydrogen) atoms. The molecule has 0 amide bonds. The molecule has 1 saturated carbocycles. The van der Waals surface area contributed by atoms with E-state index >= 15 is 0 Å². The molecule has 129 valence electrons. The predicted octanol–water partition coefficient (Wildman–Crippen LogP) is 4.64. The van der Waals surface area contributed by atoms with Gasteiger partial charge in [-0.25, -0.2) is 4.79 Å². The Kier molecular flexibility index (Phi) is 6.57. The van der Waals surface area contributed by atoms with E-state index in [4.69, 9.17) is 9.78 Å². The van der Waals surface area contributed by atoms with Crippen LogP contribution in [0.5, 0.6) is 0 Å². The van der Waals surface area contributed by atoms with Gasteiger partial charge in [-0.3, -0.25) is 4.89 Å². The third kappa shape index (κ3) is 4.25. The lowest BCUT2D eigenvalue weighted by atomic mass is 9.89. The topological polar surface area (TPSA) is 35.5 Å². The molecule has 1 aromatic carbocycles. The summed E-state index contributed by atoms with van der Waals surface area (Å²) >= 11 is 0.